The Kier molecular flexibility index (Phi) is 7.78. The third-order valence-corrected chi connectivity index (χ3v) is 3.45. The van der Waals surface area contributed by atoms with Crippen molar-refractivity contribution in [3.05, 3.63) is 36.2 Å². The summed E-state index contributed by atoms with van der Waals surface area (Å²) in [5, 5.41) is 4.01. The highest BCUT2D eigenvalue weighted by atomic mass is 19.4. The molecule has 1 heterocycles. The minimum atomic E-state index is -4.58. The molecule has 0 fully saturated rings. The monoisotopic (exact) mass is 441 g/mol. The Labute approximate surface area is 176 Å². The van der Waals surface area contributed by atoms with E-state index in [1.807, 2.05) is 13.8 Å². The van der Waals surface area contributed by atoms with E-state index in [0.29, 0.717) is 0 Å². The standard InChI is InChI=1S/C20H22F3N3O5/c1-12(2)10-29-19(28)31-17(27)5-6-26-11-24-18(25-26)14-7-15(20(21,22)23)9-16(8-14)30-13(3)4/h5-9,11-13H,10H2,1-4H3/b6-5-. The van der Waals surface area contributed by atoms with E-state index in [-0.39, 0.29) is 35.8 Å². The van der Waals surface area contributed by atoms with Crippen molar-refractivity contribution >= 4 is 18.3 Å². The highest BCUT2D eigenvalue weighted by Gasteiger charge is 2.32. The SMILES string of the molecule is CC(C)COC(=O)OC(=O)/C=C\n1cnc(-c2cc(OC(C)C)cc(C(F)(F)F)c2)n1. The lowest BCUT2D eigenvalue weighted by atomic mass is 10.1. The van der Waals surface area contributed by atoms with Gasteiger partial charge in [0.25, 0.3) is 0 Å². The van der Waals surface area contributed by atoms with Crippen molar-refractivity contribution in [2.24, 2.45) is 5.92 Å². The minimum Gasteiger partial charge on any atom is -0.491 e. The van der Waals surface area contributed by atoms with E-state index >= 15 is 0 Å². The number of halogens is 3. The molecule has 0 aliphatic carbocycles. The van der Waals surface area contributed by atoms with Crippen LogP contribution >= 0.6 is 0 Å². The fourth-order valence-electron chi connectivity index (χ4n) is 2.23. The smallest absolute Gasteiger partial charge is 0.491 e. The maximum atomic E-state index is 13.2. The van der Waals surface area contributed by atoms with Crippen LogP contribution in [0, 0.1) is 5.92 Å². The van der Waals surface area contributed by atoms with Gasteiger partial charge in [0.15, 0.2) is 5.82 Å². The van der Waals surface area contributed by atoms with Gasteiger partial charge in [-0.25, -0.2) is 19.3 Å². The molecule has 0 bridgehead atoms. The first kappa shape index (κ1) is 23.9. The largest absolute Gasteiger partial charge is 0.516 e. The van der Waals surface area contributed by atoms with E-state index in [0.717, 1.165) is 29.1 Å². The molecule has 0 unspecified atom stereocenters. The molecule has 168 valence electrons. The lowest BCUT2D eigenvalue weighted by molar-refractivity contribution is -0.138. The highest BCUT2D eigenvalue weighted by molar-refractivity contribution is 5.91. The van der Waals surface area contributed by atoms with Crippen molar-refractivity contribution in [2.75, 3.05) is 6.61 Å². The molecule has 0 atom stereocenters. The number of hydrogen-bond acceptors (Lipinski definition) is 7. The topological polar surface area (TPSA) is 92.5 Å². The van der Waals surface area contributed by atoms with Gasteiger partial charge in [-0.2, -0.15) is 13.2 Å². The predicted molar refractivity (Wildman–Crippen MR) is 104 cm³/mol. The van der Waals surface area contributed by atoms with Crippen LogP contribution in [-0.2, 0) is 20.4 Å². The molecule has 0 aliphatic heterocycles. The van der Waals surface area contributed by atoms with Crippen LogP contribution < -0.4 is 4.74 Å². The van der Waals surface area contributed by atoms with Crippen molar-refractivity contribution in [1.82, 2.24) is 14.8 Å². The van der Waals surface area contributed by atoms with Gasteiger partial charge < -0.3 is 14.2 Å². The lowest BCUT2D eigenvalue weighted by Gasteiger charge is -2.14. The summed E-state index contributed by atoms with van der Waals surface area (Å²) in [6.07, 6.45) is -2.84. The molecule has 1 aromatic carbocycles. The van der Waals surface area contributed by atoms with Crippen LogP contribution in [0.1, 0.15) is 33.3 Å². The maximum absolute atomic E-state index is 13.2. The molecule has 2 rings (SSSR count). The molecule has 0 saturated carbocycles. The molecule has 11 heteroatoms. The van der Waals surface area contributed by atoms with Crippen LogP contribution in [0.4, 0.5) is 18.0 Å². The fourth-order valence-corrected chi connectivity index (χ4v) is 2.23. The van der Waals surface area contributed by atoms with Gasteiger partial charge in [0.1, 0.15) is 12.1 Å². The maximum Gasteiger partial charge on any atom is 0.516 e. The summed E-state index contributed by atoms with van der Waals surface area (Å²) in [5.41, 5.74) is -0.825. The third-order valence-electron chi connectivity index (χ3n) is 3.45. The number of alkyl halides is 3. The molecule has 0 spiro atoms. The molecule has 31 heavy (non-hydrogen) atoms. The fraction of sp³-hybridized carbons (Fsp3) is 0.400. The van der Waals surface area contributed by atoms with Crippen LogP contribution in [0.25, 0.3) is 17.6 Å². The van der Waals surface area contributed by atoms with Crippen molar-refractivity contribution in [1.29, 1.82) is 0 Å². The Morgan fingerprint density at radius 3 is 2.48 bits per heavy atom. The molecular formula is C20H22F3N3O5. The second kappa shape index (κ2) is 10.1. The predicted octanol–water partition coefficient (Wildman–Crippen LogP) is 4.56. The van der Waals surface area contributed by atoms with Crippen molar-refractivity contribution < 1.29 is 37.0 Å². The van der Waals surface area contributed by atoms with Gasteiger partial charge in [-0.3, -0.25) is 0 Å². The van der Waals surface area contributed by atoms with Crippen LogP contribution in [0.5, 0.6) is 5.75 Å². The molecule has 0 amide bonds. The molecule has 0 N–H and O–H groups in total. The molecule has 1 aromatic heterocycles. The number of rotatable bonds is 7. The molecular weight excluding hydrogens is 419 g/mol. The van der Waals surface area contributed by atoms with Gasteiger partial charge in [-0.1, -0.05) is 13.8 Å². The summed E-state index contributed by atoms with van der Waals surface area (Å²) in [6.45, 7) is 7.12. The van der Waals surface area contributed by atoms with E-state index in [9.17, 15) is 22.8 Å². The van der Waals surface area contributed by atoms with Crippen molar-refractivity contribution in [3.63, 3.8) is 0 Å². The summed E-state index contributed by atoms with van der Waals surface area (Å²) in [7, 11) is 0. The van der Waals surface area contributed by atoms with Gasteiger partial charge in [0, 0.05) is 17.8 Å². The van der Waals surface area contributed by atoms with Gasteiger partial charge in [-0.05, 0) is 38.0 Å². The molecule has 8 nitrogen and oxygen atoms in total. The molecule has 2 aromatic rings. The molecule has 0 aliphatic rings. The number of nitrogens with zero attached hydrogens (tertiary/aromatic N) is 3. The summed E-state index contributed by atoms with van der Waals surface area (Å²) in [4.78, 5) is 26.9. The molecule has 0 radical (unpaired) electrons. The summed E-state index contributed by atoms with van der Waals surface area (Å²) < 4.78 is 55.3. The summed E-state index contributed by atoms with van der Waals surface area (Å²) in [6, 6.07) is 3.18. The van der Waals surface area contributed by atoms with Crippen LogP contribution in [0.15, 0.2) is 30.6 Å². The van der Waals surface area contributed by atoms with Crippen LogP contribution in [0.2, 0.25) is 0 Å². The average molecular weight is 441 g/mol. The number of carbonyl (C=O) groups is 2. The van der Waals surface area contributed by atoms with Gasteiger partial charge >= 0.3 is 18.3 Å². The van der Waals surface area contributed by atoms with Gasteiger partial charge in [0.2, 0.25) is 0 Å². The van der Waals surface area contributed by atoms with E-state index in [1.54, 1.807) is 13.8 Å². The highest BCUT2D eigenvalue weighted by Crippen LogP contribution is 2.35. The van der Waals surface area contributed by atoms with E-state index in [2.05, 4.69) is 14.8 Å². The second-order valence-electron chi connectivity index (χ2n) is 7.15. The first-order valence-electron chi connectivity index (χ1n) is 9.31. The molecule has 0 saturated heterocycles. The van der Waals surface area contributed by atoms with Gasteiger partial charge in [0.05, 0.1) is 18.3 Å². The normalized spacial score (nSPS) is 11.9. The third kappa shape index (κ3) is 7.76. The zero-order valence-electron chi connectivity index (χ0n) is 17.3. The van der Waals surface area contributed by atoms with Crippen molar-refractivity contribution in [2.45, 2.75) is 40.0 Å². The number of benzene rings is 1. The Hall–Kier alpha value is -3.37. The van der Waals surface area contributed by atoms with Crippen molar-refractivity contribution in [3.8, 4) is 17.1 Å². The number of esters is 1. The van der Waals surface area contributed by atoms with Crippen LogP contribution in [0.3, 0.4) is 0 Å². The Morgan fingerprint density at radius 1 is 1.16 bits per heavy atom. The minimum absolute atomic E-state index is 0.0194. The zero-order chi connectivity index (χ0) is 23.2. The summed E-state index contributed by atoms with van der Waals surface area (Å²) in [5.74, 6) is -0.921. The summed E-state index contributed by atoms with van der Waals surface area (Å²) >= 11 is 0. The quantitative estimate of drug-likeness (QED) is 0.353. The number of carbonyl (C=O) groups excluding carboxylic acids is 2. The second-order valence-corrected chi connectivity index (χ2v) is 7.15. The van der Waals surface area contributed by atoms with Crippen LogP contribution in [-0.4, -0.2) is 39.6 Å². The van der Waals surface area contributed by atoms with E-state index in [4.69, 9.17) is 9.47 Å². The number of hydrogen-bond donors (Lipinski definition) is 0. The number of aromatic nitrogens is 3. The van der Waals surface area contributed by atoms with E-state index in [1.165, 1.54) is 12.4 Å². The zero-order valence-corrected chi connectivity index (χ0v) is 17.3. The Bertz CT molecular complexity index is 952. The first-order chi connectivity index (χ1) is 14.4. The lowest BCUT2D eigenvalue weighted by Crippen LogP contribution is -2.14. The van der Waals surface area contributed by atoms with Gasteiger partial charge in [-0.15, -0.1) is 5.10 Å². The Balaban J connectivity index is 2.15. The first-order valence-corrected chi connectivity index (χ1v) is 9.31. The van der Waals surface area contributed by atoms with E-state index < -0.39 is 23.9 Å². The Morgan fingerprint density at radius 2 is 1.87 bits per heavy atom. The average Bonchev–Trinajstić information content (AvgIpc) is 3.12. The number of ether oxygens (including phenoxy) is 3.